The maximum atomic E-state index is 12.8. The van der Waals surface area contributed by atoms with Gasteiger partial charge in [0.1, 0.15) is 0 Å². The fourth-order valence-corrected chi connectivity index (χ4v) is 4.86. The van der Waals surface area contributed by atoms with E-state index in [9.17, 15) is 18.3 Å². The van der Waals surface area contributed by atoms with Crippen LogP contribution in [0.1, 0.15) is 13.8 Å². The molecule has 4 rings (SSSR count). The number of carboxylic acids is 1. The molecule has 2 aromatic heterocycles. The molecule has 0 aliphatic carbocycles. The number of pyridine rings is 1. The van der Waals surface area contributed by atoms with Gasteiger partial charge in [-0.25, -0.2) is 13.4 Å². The molecule has 0 aliphatic heterocycles. The number of carbonyl (C=O) groups is 1. The zero-order valence-corrected chi connectivity index (χ0v) is 17.2. The van der Waals surface area contributed by atoms with Crippen molar-refractivity contribution in [2.45, 2.75) is 23.5 Å². The first-order valence-electron chi connectivity index (χ1n) is 8.66. The van der Waals surface area contributed by atoms with Gasteiger partial charge in [0.2, 0.25) is 0 Å². The van der Waals surface area contributed by atoms with Crippen molar-refractivity contribution in [1.29, 1.82) is 0 Å². The van der Waals surface area contributed by atoms with Gasteiger partial charge in [0, 0.05) is 11.1 Å². The minimum atomic E-state index is -4.07. The number of aromatic nitrogens is 2. The van der Waals surface area contributed by atoms with Gasteiger partial charge in [-0.1, -0.05) is 0 Å². The van der Waals surface area contributed by atoms with Crippen molar-refractivity contribution in [1.82, 2.24) is 9.97 Å². The van der Waals surface area contributed by atoms with Crippen LogP contribution in [-0.4, -0.2) is 34.2 Å². The van der Waals surface area contributed by atoms with Crippen LogP contribution in [0, 0.1) is 0 Å². The Balaban J connectivity index is 1.72. The number of aliphatic carboxylic acids is 1. The van der Waals surface area contributed by atoms with E-state index in [4.69, 9.17) is 0 Å². The Morgan fingerprint density at radius 3 is 2.59 bits per heavy atom. The molecule has 0 saturated carbocycles. The molecule has 148 valence electrons. The summed E-state index contributed by atoms with van der Waals surface area (Å²) in [6, 6.07) is 12.0. The van der Waals surface area contributed by atoms with Crippen LogP contribution in [0.3, 0.4) is 0 Å². The third-order valence-corrected chi connectivity index (χ3v) is 7.97. The smallest absolute Gasteiger partial charge is 0.324 e. The number of thiazole rings is 1. The Morgan fingerprint density at radius 2 is 1.83 bits per heavy atom. The molecular weight excluding hydrogens is 410 g/mol. The average molecular weight is 428 g/mol. The van der Waals surface area contributed by atoms with E-state index >= 15 is 0 Å². The maximum Gasteiger partial charge on any atom is 0.324 e. The highest BCUT2D eigenvalue weighted by Crippen LogP contribution is 2.30. The summed E-state index contributed by atoms with van der Waals surface area (Å²) in [4.78, 5) is 20.0. The van der Waals surface area contributed by atoms with Crippen LogP contribution in [0.5, 0.6) is 0 Å². The van der Waals surface area contributed by atoms with Crippen molar-refractivity contribution in [3.63, 3.8) is 0 Å². The average Bonchev–Trinajstić information content (AvgIpc) is 3.15. The minimum Gasteiger partial charge on any atom is -0.480 e. The molecule has 0 aliphatic rings. The van der Waals surface area contributed by atoms with Gasteiger partial charge in [-0.05, 0) is 56.3 Å². The fourth-order valence-electron chi connectivity index (χ4n) is 2.86. The van der Waals surface area contributed by atoms with Gasteiger partial charge >= 0.3 is 5.97 Å². The highest BCUT2D eigenvalue weighted by molar-refractivity contribution is 7.93. The summed E-state index contributed by atoms with van der Waals surface area (Å²) in [5.74, 6) is -1.40. The number of rotatable bonds is 5. The number of benzene rings is 2. The highest BCUT2D eigenvalue weighted by Gasteiger charge is 2.43. The lowest BCUT2D eigenvalue weighted by Gasteiger charge is -2.20. The lowest BCUT2D eigenvalue weighted by atomic mass is 10.2. The van der Waals surface area contributed by atoms with Crippen molar-refractivity contribution in [3.8, 4) is 0 Å². The van der Waals surface area contributed by atoms with E-state index in [-0.39, 0.29) is 4.90 Å². The Kier molecular flexibility index (Phi) is 4.51. The zero-order chi connectivity index (χ0) is 20.8. The molecule has 2 N–H and O–H groups in total. The number of hydrogen-bond acceptors (Lipinski definition) is 7. The van der Waals surface area contributed by atoms with Crippen LogP contribution in [-0.2, 0) is 14.6 Å². The van der Waals surface area contributed by atoms with E-state index in [1.165, 1.54) is 26.0 Å². The fraction of sp³-hybridized carbons (Fsp3) is 0.150. The van der Waals surface area contributed by atoms with E-state index in [1.54, 1.807) is 35.2 Å². The molecule has 9 heteroatoms. The lowest BCUT2D eigenvalue weighted by molar-refractivity contribution is -0.139. The van der Waals surface area contributed by atoms with Gasteiger partial charge in [0.15, 0.2) is 14.6 Å². The summed E-state index contributed by atoms with van der Waals surface area (Å²) in [7, 11) is -4.07. The van der Waals surface area contributed by atoms with Crippen molar-refractivity contribution >= 4 is 59.6 Å². The van der Waals surface area contributed by atoms with Crippen LogP contribution >= 0.6 is 11.3 Å². The van der Waals surface area contributed by atoms with E-state index < -0.39 is 20.6 Å². The number of carboxylic acid groups (broad SMARTS) is 1. The second-order valence-corrected chi connectivity index (χ2v) is 10.4. The summed E-state index contributed by atoms with van der Waals surface area (Å²) >= 11 is 1.56. The van der Waals surface area contributed by atoms with E-state index in [0.717, 1.165) is 15.9 Å². The van der Waals surface area contributed by atoms with Crippen LogP contribution in [0.25, 0.3) is 21.1 Å². The van der Waals surface area contributed by atoms with Crippen molar-refractivity contribution in [2.24, 2.45) is 0 Å². The van der Waals surface area contributed by atoms with Crippen LogP contribution < -0.4 is 5.32 Å². The van der Waals surface area contributed by atoms with Crippen LogP contribution in [0.15, 0.2) is 59.1 Å². The van der Waals surface area contributed by atoms with Crippen molar-refractivity contribution in [2.75, 3.05) is 5.32 Å². The summed E-state index contributed by atoms with van der Waals surface area (Å²) < 4.78 is 24.7. The van der Waals surface area contributed by atoms with Gasteiger partial charge < -0.3 is 10.4 Å². The van der Waals surface area contributed by atoms with E-state index in [2.05, 4.69) is 15.3 Å². The van der Waals surface area contributed by atoms with Gasteiger partial charge in [-0.15, -0.1) is 11.3 Å². The van der Waals surface area contributed by atoms with Gasteiger partial charge in [-0.3, -0.25) is 9.78 Å². The molecule has 0 amide bonds. The molecule has 0 spiro atoms. The number of anilines is 2. The van der Waals surface area contributed by atoms with Crippen molar-refractivity contribution < 1.29 is 18.3 Å². The molecule has 0 atom stereocenters. The topological polar surface area (TPSA) is 109 Å². The van der Waals surface area contributed by atoms with E-state index in [0.29, 0.717) is 16.6 Å². The second-order valence-electron chi connectivity index (χ2n) is 7.06. The largest absolute Gasteiger partial charge is 0.480 e. The molecule has 4 aromatic rings. The predicted octanol–water partition coefficient (Wildman–Crippen LogP) is 4.23. The molecular formula is C20H17N3O4S2. The predicted molar refractivity (Wildman–Crippen MR) is 114 cm³/mol. The first-order valence-corrected chi connectivity index (χ1v) is 11.0. The number of fused-ring (bicyclic) bond motifs is 2. The first kappa shape index (κ1) is 19.3. The van der Waals surface area contributed by atoms with Crippen LogP contribution in [0.2, 0.25) is 0 Å². The molecule has 2 heterocycles. The molecule has 0 radical (unpaired) electrons. The Hall–Kier alpha value is -3.04. The Labute approximate surface area is 171 Å². The lowest BCUT2D eigenvalue weighted by Crippen LogP contribution is -2.40. The van der Waals surface area contributed by atoms with Gasteiger partial charge in [0.25, 0.3) is 0 Å². The molecule has 7 nitrogen and oxygen atoms in total. The Morgan fingerprint density at radius 1 is 1.03 bits per heavy atom. The first-order chi connectivity index (χ1) is 13.7. The summed E-state index contributed by atoms with van der Waals surface area (Å²) in [5.41, 5.74) is 4.79. The molecule has 0 saturated heterocycles. The minimum absolute atomic E-state index is 0.0553. The monoisotopic (exact) mass is 427 g/mol. The van der Waals surface area contributed by atoms with Crippen molar-refractivity contribution in [3.05, 3.63) is 54.2 Å². The van der Waals surface area contributed by atoms with Gasteiger partial charge in [-0.2, -0.15) is 0 Å². The summed E-state index contributed by atoms with van der Waals surface area (Å²) in [6.07, 6.45) is 1.66. The molecule has 0 fully saturated rings. The highest BCUT2D eigenvalue weighted by atomic mass is 32.2. The number of nitrogens with one attached hydrogen (secondary N) is 1. The standard InChI is InChI=1S/C20H17N3O4S2/c1-20(2,19(24)25)29(26,27)15-4-5-16-12(8-15)7-14(10-21-16)23-13-3-6-18-17(9-13)22-11-28-18/h3-11,23H,1-2H3,(H,24,25). The van der Waals surface area contributed by atoms with Crippen LogP contribution in [0.4, 0.5) is 11.4 Å². The second kappa shape index (κ2) is 6.78. The van der Waals surface area contributed by atoms with Gasteiger partial charge in [0.05, 0.1) is 38.0 Å². The maximum absolute atomic E-state index is 12.8. The third-order valence-electron chi connectivity index (χ3n) is 4.77. The third kappa shape index (κ3) is 3.32. The zero-order valence-electron chi connectivity index (χ0n) is 15.6. The summed E-state index contributed by atoms with van der Waals surface area (Å²) in [5, 5.41) is 13.1. The molecule has 2 aromatic carbocycles. The molecule has 29 heavy (non-hydrogen) atoms. The van der Waals surface area contributed by atoms with E-state index in [1.807, 2.05) is 18.2 Å². The normalized spacial score (nSPS) is 12.3. The number of nitrogens with zero attached hydrogens (tertiary/aromatic N) is 2. The Bertz CT molecular complexity index is 1360. The quantitative estimate of drug-likeness (QED) is 0.491. The SMILES string of the molecule is CC(C)(C(=O)O)S(=O)(=O)c1ccc2ncc(Nc3ccc4scnc4c3)cc2c1. The summed E-state index contributed by atoms with van der Waals surface area (Å²) in [6.45, 7) is 2.36. The number of sulfone groups is 1. The molecule has 0 unspecified atom stereocenters. The number of hydrogen-bond donors (Lipinski definition) is 2. The molecule has 0 bridgehead atoms.